The number of hydrogen-bond acceptors (Lipinski definition) is 3. The van der Waals surface area contributed by atoms with E-state index in [1.165, 1.54) is 0 Å². The number of hydrogen-bond donors (Lipinski definition) is 2. The number of carbonyl (C=O) groups is 1. The highest BCUT2D eigenvalue weighted by Crippen LogP contribution is 2.32. The van der Waals surface area contributed by atoms with E-state index in [0.717, 1.165) is 20.2 Å². The van der Waals surface area contributed by atoms with Gasteiger partial charge in [0.15, 0.2) is 0 Å². The van der Waals surface area contributed by atoms with Crippen LogP contribution in [0.1, 0.15) is 27.5 Å². The number of aliphatic hydroxyl groups is 1. The summed E-state index contributed by atoms with van der Waals surface area (Å²) in [5.41, 5.74) is 2.54. The lowest BCUT2D eigenvalue weighted by Crippen LogP contribution is -2.29. The molecule has 1 unspecified atom stereocenters. The molecule has 1 aliphatic heterocycles. The van der Waals surface area contributed by atoms with Crippen LogP contribution < -0.4 is 10.7 Å². The van der Waals surface area contributed by atoms with Gasteiger partial charge in [-0.1, -0.05) is 23.7 Å². The van der Waals surface area contributed by atoms with Gasteiger partial charge in [-0.3, -0.25) is 9.59 Å². The van der Waals surface area contributed by atoms with Crippen LogP contribution in [0.15, 0.2) is 47.4 Å². The molecule has 0 fully saturated rings. The highest BCUT2D eigenvalue weighted by atomic mass is 127. The van der Waals surface area contributed by atoms with Gasteiger partial charge in [0.1, 0.15) is 5.56 Å². The Morgan fingerprint density at radius 1 is 1.30 bits per heavy atom. The minimum atomic E-state index is -0.426. The van der Waals surface area contributed by atoms with Crippen LogP contribution in [0.2, 0.25) is 5.02 Å². The zero-order valence-electron chi connectivity index (χ0n) is 14.2. The summed E-state index contributed by atoms with van der Waals surface area (Å²) in [6.45, 7) is 0.254. The van der Waals surface area contributed by atoms with Crippen LogP contribution in [-0.2, 0) is 13.0 Å². The van der Waals surface area contributed by atoms with Crippen molar-refractivity contribution in [3.05, 3.63) is 78.1 Å². The lowest BCUT2D eigenvalue weighted by Gasteiger charge is -2.14. The van der Waals surface area contributed by atoms with Crippen molar-refractivity contribution in [2.75, 3.05) is 6.61 Å². The van der Waals surface area contributed by atoms with Crippen LogP contribution in [-0.4, -0.2) is 22.2 Å². The molecular weight excluding hydrogens is 479 g/mol. The SMILES string of the molecule is O=C(NCc1ccc(Cl)cc1)c1cn2c3c(cc(I)cc3c1=O)CC2CO. The van der Waals surface area contributed by atoms with Crippen molar-refractivity contribution < 1.29 is 9.90 Å². The molecule has 7 heteroatoms. The van der Waals surface area contributed by atoms with E-state index in [0.29, 0.717) is 23.4 Å². The molecule has 2 aromatic carbocycles. The minimum Gasteiger partial charge on any atom is -0.394 e. The average molecular weight is 495 g/mol. The number of carbonyl (C=O) groups excluding carboxylic acids is 1. The van der Waals surface area contributed by atoms with Crippen molar-refractivity contribution in [2.45, 2.75) is 19.0 Å². The maximum absolute atomic E-state index is 12.9. The largest absolute Gasteiger partial charge is 0.394 e. The van der Waals surface area contributed by atoms with E-state index in [1.807, 2.05) is 22.8 Å². The molecular formula is C20H16ClIN2O3. The topological polar surface area (TPSA) is 71.3 Å². The molecule has 0 saturated carbocycles. The predicted octanol–water partition coefficient (Wildman–Crippen LogP) is 3.28. The number of aromatic nitrogens is 1. The molecule has 2 heterocycles. The molecule has 1 aromatic heterocycles. The van der Waals surface area contributed by atoms with Gasteiger partial charge in [0.25, 0.3) is 5.91 Å². The van der Waals surface area contributed by atoms with Crippen molar-refractivity contribution in [1.29, 1.82) is 0 Å². The van der Waals surface area contributed by atoms with Gasteiger partial charge in [-0.05, 0) is 64.4 Å². The van der Waals surface area contributed by atoms with Gasteiger partial charge in [-0.25, -0.2) is 0 Å². The second-order valence-electron chi connectivity index (χ2n) is 6.59. The second-order valence-corrected chi connectivity index (χ2v) is 8.27. The molecule has 1 aliphatic rings. The molecule has 4 rings (SSSR count). The zero-order valence-corrected chi connectivity index (χ0v) is 17.1. The molecule has 2 N–H and O–H groups in total. The Hall–Kier alpha value is -1.90. The molecule has 5 nitrogen and oxygen atoms in total. The maximum Gasteiger partial charge on any atom is 0.257 e. The van der Waals surface area contributed by atoms with Gasteiger partial charge >= 0.3 is 0 Å². The summed E-state index contributed by atoms with van der Waals surface area (Å²) in [6.07, 6.45) is 2.23. The second kappa shape index (κ2) is 7.26. The molecule has 1 atom stereocenters. The fourth-order valence-electron chi connectivity index (χ4n) is 3.53. The third-order valence-corrected chi connectivity index (χ3v) is 5.71. The molecule has 0 radical (unpaired) electrons. The summed E-state index contributed by atoms with van der Waals surface area (Å²) in [5.74, 6) is -0.426. The molecule has 0 spiro atoms. The molecule has 3 aromatic rings. The third-order valence-electron chi connectivity index (χ3n) is 4.84. The summed E-state index contributed by atoms with van der Waals surface area (Å²) in [7, 11) is 0. The van der Waals surface area contributed by atoms with E-state index in [9.17, 15) is 14.7 Å². The summed E-state index contributed by atoms with van der Waals surface area (Å²) >= 11 is 8.04. The molecule has 0 saturated heterocycles. The fourth-order valence-corrected chi connectivity index (χ4v) is 4.34. The smallest absolute Gasteiger partial charge is 0.257 e. The van der Waals surface area contributed by atoms with Crippen molar-refractivity contribution in [2.24, 2.45) is 0 Å². The Morgan fingerprint density at radius 2 is 2.04 bits per heavy atom. The van der Waals surface area contributed by atoms with Crippen molar-refractivity contribution in [3.8, 4) is 0 Å². The Morgan fingerprint density at radius 3 is 2.74 bits per heavy atom. The monoisotopic (exact) mass is 494 g/mol. The normalized spacial score (nSPS) is 15.3. The van der Waals surface area contributed by atoms with Crippen molar-refractivity contribution in [1.82, 2.24) is 9.88 Å². The van der Waals surface area contributed by atoms with Crippen molar-refractivity contribution >= 4 is 51.0 Å². The lowest BCUT2D eigenvalue weighted by molar-refractivity contribution is 0.0949. The third kappa shape index (κ3) is 3.37. The summed E-state index contributed by atoms with van der Waals surface area (Å²) in [5, 5.41) is 13.7. The van der Waals surface area contributed by atoms with E-state index in [2.05, 4.69) is 27.9 Å². The Balaban J connectivity index is 1.72. The first kappa shape index (κ1) is 18.5. The molecule has 0 bridgehead atoms. The van der Waals surface area contributed by atoms with Crippen LogP contribution in [0.5, 0.6) is 0 Å². The molecule has 1 amide bonds. The van der Waals surface area contributed by atoms with E-state index in [-0.39, 0.29) is 23.6 Å². The number of rotatable bonds is 4. The number of aliphatic hydroxyl groups excluding tert-OH is 1. The number of amides is 1. The van der Waals surface area contributed by atoms with Gasteiger partial charge in [-0.15, -0.1) is 0 Å². The molecule has 138 valence electrons. The van der Waals surface area contributed by atoms with E-state index < -0.39 is 5.91 Å². The van der Waals surface area contributed by atoms with Crippen molar-refractivity contribution in [3.63, 3.8) is 0 Å². The first-order valence-electron chi connectivity index (χ1n) is 8.48. The van der Waals surface area contributed by atoms with Crippen LogP contribution in [0.3, 0.4) is 0 Å². The van der Waals surface area contributed by atoms with Gasteiger partial charge in [-0.2, -0.15) is 0 Å². The van der Waals surface area contributed by atoms with Crippen LogP contribution in [0, 0.1) is 3.57 Å². The number of nitrogens with one attached hydrogen (secondary N) is 1. The summed E-state index contributed by atoms with van der Waals surface area (Å²) in [6, 6.07) is 10.8. The number of benzene rings is 2. The number of halogens is 2. The lowest BCUT2D eigenvalue weighted by atomic mass is 10.1. The average Bonchev–Trinajstić information content (AvgIpc) is 3.01. The Bertz CT molecular complexity index is 1110. The standard InChI is InChI=1S/C20H16ClIN2O3/c21-13-3-1-11(2-4-13)8-23-20(27)17-9-24-15(10-25)6-12-5-14(22)7-16(18(12)24)19(17)26/h1-5,7,9,15,25H,6,8,10H2,(H,23,27). The first-order chi connectivity index (χ1) is 13.0. The van der Waals surface area contributed by atoms with Gasteiger partial charge < -0.3 is 15.0 Å². The highest BCUT2D eigenvalue weighted by molar-refractivity contribution is 14.1. The minimum absolute atomic E-state index is 0.0466. The summed E-state index contributed by atoms with van der Waals surface area (Å²) < 4.78 is 2.80. The maximum atomic E-state index is 12.9. The van der Waals surface area contributed by atoms with Gasteiger partial charge in [0.2, 0.25) is 5.43 Å². The van der Waals surface area contributed by atoms with Crippen LogP contribution >= 0.6 is 34.2 Å². The van der Waals surface area contributed by atoms with Crippen LogP contribution in [0.25, 0.3) is 10.9 Å². The van der Waals surface area contributed by atoms with Gasteiger partial charge in [0, 0.05) is 26.7 Å². The summed E-state index contributed by atoms with van der Waals surface area (Å²) in [4.78, 5) is 25.6. The zero-order chi connectivity index (χ0) is 19.1. The highest BCUT2D eigenvalue weighted by Gasteiger charge is 2.27. The number of pyridine rings is 1. The molecule has 0 aliphatic carbocycles. The van der Waals surface area contributed by atoms with Crippen LogP contribution in [0.4, 0.5) is 0 Å². The van der Waals surface area contributed by atoms with E-state index in [4.69, 9.17) is 11.6 Å². The fraction of sp³-hybridized carbons (Fsp3) is 0.200. The Kier molecular flexibility index (Phi) is 4.96. The first-order valence-corrected chi connectivity index (χ1v) is 9.94. The van der Waals surface area contributed by atoms with Gasteiger partial charge in [0.05, 0.1) is 18.2 Å². The van der Waals surface area contributed by atoms with E-state index in [1.54, 1.807) is 24.4 Å². The Labute approximate surface area is 174 Å². The number of nitrogens with zero attached hydrogens (tertiary/aromatic N) is 1. The predicted molar refractivity (Wildman–Crippen MR) is 113 cm³/mol. The van der Waals surface area contributed by atoms with E-state index >= 15 is 0 Å². The molecule has 27 heavy (non-hydrogen) atoms. The quantitative estimate of drug-likeness (QED) is 0.547.